The molecule has 3 rings (SSSR count). The monoisotopic (exact) mass is 326 g/mol. The van der Waals surface area contributed by atoms with Crippen molar-refractivity contribution >= 4 is 17.4 Å². The van der Waals surface area contributed by atoms with Gasteiger partial charge in [0.15, 0.2) is 0 Å². The molecule has 0 spiro atoms. The van der Waals surface area contributed by atoms with Crippen LogP contribution >= 0.6 is 11.3 Å². The maximum absolute atomic E-state index is 11.9. The number of hydrogen-bond donors (Lipinski definition) is 2. The lowest BCUT2D eigenvalue weighted by atomic mass is 10.1. The van der Waals surface area contributed by atoms with Crippen molar-refractivity contribution in [3.05, 3.63) is 64.5 Å². The Hall–Kier alpha value is -2.60. The quantitative estimate of drug-likeness (QED) is 0.757. The zero-order valence-corrected chi connectivity index (χ0v) is 13.6. The van der Waals surface area contributed by atoms with Gasteiger partial charge < -0.3 is 10.6 Å². The third kappa shape index (κ3) is 3.98. The molecule has 2 N–H and O–H groups in total. The van der Waals surface area contributed by atoms with Gasteiger partial charge in [-0.2, -0.15) is 16.4 Å². The van der Waals surface area contributed by atoms with Gasteiger partial charge in [0.2, 0.25) is 0 Å². The lowest BCUT2D eigenvalue weighted by Gasteiger charge is -2.07. The van der Waals surface area contributed by atoms with E-state index in [1.807, 2.05) is 60.4 Å². The molecule has 2 amide bonds. The average molecular weight is 326 g/mol. The van der Waals surface area contributed by atoms with Gasteiger partial charge in [-0.05, 0) is 22.4 Å². The van der Waals surface area contributed by atoms with Gasteiger partial charge in [-0.15, -0.1) is 0 Å². The Balaban J connectivity index is 1.61. The normalized spacial score (nSPS) is 10.5. The first-order chi connectivity index (χ1) is 11.2. The second kappa shape index (κ2) is 7.11. The number of aromatic nitrogens is 2. The summed E-state index contributed by atoms with van der Waals surface area (Å²) in [4.78, 5) is 11.9. The summed E-state index contributed by atoms with van der Waals surface area (Å²) in [5.74, 6) is 0. The van der Waals surface area contributed by atoms with Crippen LogP contribution in [-0.2, 0) is 20.1 Å². The molecule has 0 fully saturated rings. The SMILES string of the molecule is Cn1cc(CNC(=O)NCc2ccsc2)c(-c2ccccc2)n1. The predicted molar refractivity (Wildman–Crippen MR) is 92.0 cm³/mol. The number of rotatable bonds is 5. The molecule has 118 valence electrons. The Bertz CT molecular complexity index is 765. The van der Waals surface area contributed by atoms with Gasteiger partial charge >= 0.3 is 6.03 Å². The van der Waals surface area contributed by atoms with Crippen molar-refractivity contribution in [2.24, 2.45) is 7.05 Å². The minimum Gasteiger partial charge on any atom is -0.334 e. The van der Waals surface area contributed by atoms with Gasteiger partial charge in [0, 0.05) is 37.5 Å². The zero-order valence-electron chi connectivity index (χ0n) is 12.8. The van der Waals surface area contributed by atoms with Crippen LogP contribution in [0.15, 0.2) is 53.4 Å². The maximum Gasteiger partial charge on any atom is 0.315 e. The van der Waals surface area contributed by atoms with Crippen LogP contribution in [0.4, 0.5) is 4.79 Å². The number of nitrogens with one attached hydrogen (secondary N) is 2. The van der Waals surface area contributed by atoms with E-state index in [0.29, 0.717) is 13.1 Å². The molecule has 0 radical (unpaired) electrons. The number of amides is 2. The Labute approximate surface area is 139 Å². The van der Waals surface area contributed by atoms with E-state index < -0.39 is 0 Å². The summed E-state index contributed by atoms with van der Waals surface area (Å²) < 4.78 is 1.77. The summed E-state index contributed by atoms with van der Waals surface area (Å²) in [6.07, 6.45) is 1.93. The minimum atomic E-state index is -0.181. The van der Waals surface area contributed by atoms with E-state index in [2.05, 4.69) is 15.7 Å². The summed E-state index contributed by atoms with van der Waals surface area (Å²) in [7, 11) is 1.88. The van der Waals surface area contributed by atoms with Crippen LogP contribution in [0.3, 0.4) is 0 Å². The van der Waals surface area contributed by atoms with Crippen LogP contribution < -0.4 is 10.6 Å². The number of hydrogen-bond acceptors (Lipinski definition) is 3. The largest absolute Gasteiger partial charge is 0.334 e. The van der Waals surface area contributed by atoms with Crippen molar-refractivity contribution in [2.45, 2.75) is 13.1 Å². The third-order valence-corrected chi connectivity index (χ3v) is 4.16. The van der Waals surface area contributed by atoms with E-state index >= 15 is 0 Å². The van der Waals surface area contributed by atoms with Gasteiger partial charge in [-0.3, -0.25) is 4.68 Å². The highest BCUT2D eigenvalue weighted by Crippen LogP contribution is 2.21. The molecule has 2 aromatic heterocycles. The van der Waals surface area contributed by atoms with Crippen molar-refractivity contribution in [3.63, 3.8) is 0 Å². The lowest BCUT2D eigenvalue weighted by Crippen LogP contribution is -2.34. The molecule has 6 heteroatoms. The zero-order chi connectivity index (χ0) is 16.1. The molecule has 0 saturated carbocycles. The number of aryl methyl sites for hydroxylation is 1. The van der Waals surface area contributed by atoms with Gasteiger partial charge in [0.05, 0.1) is 5.69 Å². The van der Waals surface area contributed by atoms with E-state index in [0.717, 1.165) is 22.4 Å². The van der Waals surface area contributed by atoms with E-state index in [9.17, 15) is 4.79 Å². The molecule has 3 aromatic rings. The first-order valence-corrected chi connectivity index (χ1v) is 8.27. The molecule has 1 aromatic carbocycles. The molecular weight excluding hydrogens is 308 g/mol. The number of nitrogens with zero attached hydrogens (tertiary/aromatic N) is 2. The maximum atomic E-state index is 11.9. The summed E-state index contributed by atoms with van der Waals surface area (Å²) in [6, 6.07) is 11.8. The summed E-state index contributed by atoms with van der Waals surface area (Å²) in [6.45, 7) is 0.974. The van der Waals surface area contributed by atoms with E-state index in [1.165, 1.54) is 0 Å². The van der Waals surface area contributed by atoms with Gasteiger partial charge in [-0.25, -0.2) is 4.79 Å². The minimum absolute atomic E-state index is 0.181. The Morgan fingerprint density at radius 3 is 2.70 bits per heavy atom. The van der Waals surface area contributed by atoms with Crippen molar-refractivity contribution in [3.8, 4) is 11.3 Å². The highest BCUT2D eigenvalue weighted by Gasteiger charge is 2.11. The smallest absolute Gasteiger partial charge is 0.315 e. The summed E-state index contributed by atoms with van der Waals surface area (Å²) in [5, 5.41) is 14.2. The second-order valence-corrected chi connectivity index (χ2v) is 5.99. The highest BCUT2D eigenvalue weighted by atomic mass is 32.1. The van der Waals surface area contributed by atoms with Crippen LogP contribution in [0.5, 0.6) is 0 Å². The van der Waals surface area contributed by atoms with Crippen molar-refractivity contribution in [1.82, 2.24) is 20.4 Å². The fraction of sp³-hybridized carbons (Fsp3) is 0.176. The third-order valence-electron chi connectivity index (χ3n) is 3.42. The molecule has 0 saturated heterocycles. The standard InChI is InChI=1S/C17H18N4OS/c1-21-11-15(16(20-21)14-5-3-2-4-6-14)10-19-17(22)18-9-13-7-8-23-12-13/h2-8,11-12H,9-10H2,1H3,(H2,18,19,22). The molecule has 5 nitrogen and oxygen atoms in total. The van der Waals surface area contributed by atoms with Gasteiger partial charge in [0.25, 0.3) is 0 Å². The number of urea groups is 1. The Morgan fingerprint density at radius 2 is 1.96 bits per heavy atom. The van der Waals surface area contributed by atoms with Crippen LogP contribution in [0.1, 0.15) is 11.1 Å². The first kappa shape index (κ1) is 15.3. The van der Waals surface area contributed by atoms with Crippen molar-refractivity contribution in [1.29, 1.82) is 0 Å². The van der Waals surface area contributed by atoms with Crippen LogP contribution in [-0.4, -0.2) is 15.8 Å². The number of thiophene rings is 1. The Kier molecular flexibility index (Phi) is 4.73. The van der Waals surface area contributed by atoms with Crippen LogP contribution in [0, 0.1) is 0 Å². The van der Waals surface area contributed by atoms with Crippen LogP contribution in [0.25, 0.3) is 11.3 Å². The summed E-state index contributed by atoms with van der Waals surface area (Å²) in [5.41, 5.74) is 4.04. The molecule has 0 aliphatic heterocycles. The van der Waals surface area contributed by atoms with Crippen LogP contribution in [0.2, 0.25) is 0 Å². The average Bonchev–Trinajstić information content (AvgIpc) is 3.21. The number of benzene rings is 1. The van der Waals surface area contributed by atoms with E-state index in [4.69, 9.17) is 0 Å². The molecular formula is C17H18N4OS. The molecule has 0 atom stereocenters. The fourth-order valence-corrected chi connectivity index (χ4v) is 2.99. The second-order valence-electron chi connectivity index (χ2n) is 5.21. The van der Waals surface area contributed by atoms with E-state index in [-0.39, 0.29) is 6.03 Å². The Morgan fingerprint density at radius 1 is 1.17 bits per heavy atom. The molecule has 0 aliphatic rings. The predicted octanol–water partition coefficient (Wildman–Crippen LogP) is 3.15. The van der Waals surface area contributed by atoms with Gasteiger partial charge in [0.1, 0.15) is 0 Å². The number of carbonyl (C=O) groups is 1. The first-order valence-electron chi connectivity index (χ1n) is 7.33. The summed E-state index contributed by atoms with van der Waals surface area (Å²) >= 11 is 1.62. The van der Waals surface area contributed by atoms with Crippen molar-refractivity contribution in [2.75, 3.05) is 0 Å². The van der Waals surface area contributed by atoms with E-state index in [1.54, 1.807) is 16.0 Å². The van der Waals surface area contributed by atoms with Gasteiger partial charge in [-0.1, -0.05) is 30.3 Å². The molecule has 0 unspecified atom stereocenters. The highest BCUT2D eigenvalue weighted by molar-refractivity contribution is 7.07. The topological polar surface area (TPSA) is 59.0 Å². The van der Waals surface area contributed by atoms with Crippen molar-refractivity contribution < 1.29 is 4.79 Å². The lowest BCUT2D eigenvalue weighted by molar-refractivity contribution is 0.240. The molecule has 0 aliphatic carbocycles. The number of carbonyl (C=O) groups excluding carboxylic acids is 1. The molecule has 23 heavy (non-hydrogen) atoms. The molecule has 2 heterocycles. The fourth-order valence-electron chi connectivity index (χ4n) is 2.32. The molecule has 0 bridgehead atoms.